The van der Waals surface area contributed by atoms with Crippen molar-refractivity contribution in [1.82, 2.24) is 4.90 Å². The van der Waals surface area contributed by atoms with Crippen LogP contribution >= 0.6 is 0 Å². The minimum absolute atomic E-state index is 0.218. The summed E-state index contributed by atoms with van der Waals surface area (Å²) in [5.41, 5.74) is 1.72. The van der Waals surface area contributed by atoms with Gasteiger partial charge >= 0.3 is 6.09 Å². The van der Waals surface area contributed by atoms with Gasteiger partial charge in [0, 0.05) is 6.42 Å². The summed E-state index contributed by atoms with van der Waals surface area (Å²) in [6.45, 7) is 2.82. The molecule has 1 amide bonds. The zero-order valence-electron chi connectivity index (χ0n) is 16.5. The van der Waals surface area contributed by atoms with Gasteiger partial charge in [-0.3, -0.25) is 4.90 Å². The lowest BCUT2D eigenvalue weighted by Crippen LogP contribution is -2.64. The molecule has 2 bridgehead atoms. The molecule has 154 valence electrons. The number of piperidine rings is 1. The lowest BCUT2D eigenvalue weighted by molar-refractivity contribution is -0.133. The number of carbonyl (C=O) groups excluding carboxylic acids is 1. The van der Waals surface area contributed by atoms with E-state index < -0.39 is 5.60 Å². The lowest BCUT2D eigenvalue weighted by atomic mass is 9.77. The summed E-state index contributed by atoms with van der Waals surface area (Å²) in [4.78, 5) is 14.5. The first-order valence-corrected chi connectivity index (χ1v) is 9.98. The third-order valence-corrected chi connectivity index (χ3v) is 5.88. The molecule has 2 atom stereocenters. The van der Waals surface area contributed by atoms with Gasteiger partial charge in [-0.05, 0) is 48.6 Å². The number of ether oxygens (including phenoxy) is 2. The van der Waals surface area contributed by atoms with E-state index in [1.54, 1.807) is 11.0 Å². The fourth-order valence-electron chi connectivity index (χ4n) is 4.52. The second-order valence-corrected chi connectivity index (χ2v) is 8.17. The summed E-state index contributed by atoms with van der Waals surface area (Å²) in [7, 11) is 0. The molecule has 29 heavy (non-hydrogen) atoms. The average molecular weight is 399 g/mol. The van der Waals surface area contributed by atoms with Crippen LogP contribution in [0.5, 0.6) is 0 Å². The predicted octanol–water partition coefficient (Wildman–Crippen LogP) is 3.61. The number of benzene rings is 2. The maximum absolute atomic E-state index is 13.4. The van der Waals surface area contributed by atoms with Crippen molar-refractivity contribution >= 4 is 6.09 Å². The van der Waals surface area contributed by atoms with Crippen molar-refractivity contribution in [3.8, 4) is 0 Å². The number of morpholine rings is 1. The Morgan fingerprint density at radius 2 is 1.90 bits per heavy atom. The highest BCUT2D eigenvalue weighted by atomic mass is 19.1. The molecular weight excluding hydrogens is 373 g/mol. The molecule has 2 aliphatic heterocycles. The molecule has 2 unspecified atom stereocenters. The fraction of sp³-hybridized carbons (Fsp3) is 0.435. The molecule has 6 heteroatoms. The van der Waals surface area contributed by atoms with Crippen LogP contribution in [0.2, 0.25) is 0 Å². The summed E-state index contributed by atoms with van der Waals surface area (Å²) in [6, 6.07) is 13.7. The molecule has 2 aromatic carbocycles. The lowest BCUT2D eigenvalue weighted by Gasteiger charge is -2.51. The topological polar surface area (TPSA) is 59.0 Å². The number of fused-ring (bicyclic) bond motifs is 2. The molecule has 2 heterocycles. The Hall–Kier alpha value is -2.44. The Balaban J connectivity index is 1.44. The fourth-order valence-corrected chi connectivity index (χ4v) is 4.52. The largest absolute Gasteiger partial charge is 0.445 e. The maximum Gasteiger partial charge on any atom is 0.410 e. The smallest absolute Gasteiger partial charge is 0.410 e. The number of rotatable bonds is 4. The van der Waals surface area contributed by atoms with Crippen LogP contribution in [0.15, 0.2) is 48.5 Å². The molecule has 2 fully saturated rings. The molecule has 2 saturated heterocycles. The van der Waals surface area contributed by atoms with E-state index in [4.69, 9.17) is 9.47 Å². The van der Waals surface area contributed by atoms with Gasteiger partial charge in [-0.2, -0.15) is 0 Å². The Labute approximate surface area is 170 Å². The molecular formula is C23H26FNO4. The molecule has 5 nitrogen and oxygen atoms in total. The number of nitrogens with zero attached hydrogens (tertiary/aromatic N) is 1. The highest BCUT2D eigenvalue weighted by molar-refractivity contribution is 5.69. The molecule has 0 saturated carbocycles. The Morgan fingerprint density at radius 1 is 1.21 bits per heavy atom. The van der Waals surface area contributed by atoms with Gasteiger partial charge in [0.25, 0.3) is 0 Å². The summed E-state index contributed by atoms with van der Waals surface area (Å²) < 4.78 is 24.6. The van der Waals surface area contributed by atoms with Gasteiger partial charge < -0.3 is 14.6 Å². The van der Waals surface area contributed by atoms with Crippen molar-refractivity contribution in [2.45, 2.75) is 50.5 Å². The van der Waals surface area contributed by atoms with E-state index in [1.807, 2.05) is 37.3 Å². The van der Waals surface area contributed by atoms with Crippen LogP contribution in [0, 0.1) is 12.7 Å². The van der Waals surface area contributed by atoms with Crippen molar-refractivity contribution in [2.24, 2.45) is 0 Å². The summed E-state index contributed by atoms with van der Waals surface area (Å²) in [5, 5.41) is 11.3. The van der Waals surface area contributed by atoms with Crippen LogP contribution in [0.3, 0.4) is 0 Å². The standard InChI is InChI=1S/C23H26FNO4/c1-16-9-19(24)8-7-18(16)10-23(27)11-20-14-28-15-21(12-23)25(20)22(26)29-13-17-5-3-2-4-6-17/h2-9,20-21,27H,10-15H2,1H3. The molecule has 0 radical (unpaired) electrons. The van der Waals surface area contributed by atoms with E-state index in [0.29, 0.717) is 32.5 Å². The van der Waals surface area contributed by atoms with Crippen LogP contribution in [-0.4, -0.2) is 47.0 Å². The molecule has 4 rings (SSSR count). The number of amides is 1. The second kappa shape index (κ2) is 8.13. The maximum atomic E-state index is 13.4. The zero-order chi connectivity index (χ0) is 20.4. The van der Waals surface area contributed by atoms with Crippen molar-refractivity contribution < 1.29 is 23.8 Å². The molecule has 0 spiro atoms. The van der Waals surface area contributed by atoms with E-state index in [-0.39, 0.29) is 30.6 Å². The van der Waals surface area contributed by atoms with Crippen LogP contribution in [0.25, 0.3) is 0 Å². The van der Waals surface area contributed by atoms with E-state index in [9.17, 15) is 14.3 Å². The van der Waals surface area contributed by atoms with Crippen LogP contribution in [0.4, 0.5) is 9.18 Å². The number of aryl methyl sites for hydroxylation is 1. The third kappa shape index (κ3) is 4.43. The minimum Gasteiger partial charge on any atom is -0.445 e. The van der Waals surface area contributed by atoms with Gasteiger partial charge in [0.1, 0.15) is 12.4 Å². The first-order valence-electron chi connectivity index (χ1n) is 9.98. The summed E-state index contributed by atoms with van der Waals surface area (Å²) in [6.07, 6.45) is 0.868. The molecule has 2 aromatic rings. The molecule has 2 aliphatic rings. The van der Waals surface area contributed by atoms with E-state index in [1.165, 1.54) is 12.1 Å². The number of carbonyl (C=O) groups is 1. The highest BCUT2D eigenvalue weighted by Crippen LogP contribution is 2.37. The summed E-state index contributed by atoms with van der Waals surface area (Å²) in [5.74, 6) is -0.278. The quantitative estimate of drug-likeness (QED) is 0.853. The number of halogens is 1. The Kier molecular flexibility index (Phi) is 5.56. The van der Waals surface area contributed by atoms with Crippen molar-refractivity contribution in [2.75, 3.05) is 13.2 Å². The van der Waals surface area contributed by atoms with Gasteiger partial charge in [-0.25, -0.2) is 9.18 Å². The first kappa shape index (κ1) is 19.9. The first-order chi connectivity index (χ1) is 13.9. The third-order valence-electron chi connectivity index (χ3n) is 5.88. The highest BCUT2D eigenvalue weighted by Gasteiger charge is 2.48. The van der Waals surface area contributed by atoms with E-state index >= 15 is 0 Å². The monoisotopic (exact) mass is 399 g/mol. The summed E-state index contributed by atoms with van der Waals surface area (Å²) >= 11 is 0. The zero-order valence-corrected chi connectivity index (χ0v) is 16.5. The SMILES string of the molecule is Cc1cc(F)ccc1CC1(O)CC2COCC(C1)N2C(=O)OCc1ccccc1. The van der Waals surface area contributed by atoms with Crippen molar-refractivity contribution in [3.63, 3.8) is 0 Å². The normalized spacial score (nSPS) is 26.2. The Bertz CT molecular complexity index is 858. The Morgan fingerprint density at radius 3 is 2.55 bits per heavy atom. The number of aliphatic hydroxyl groups is 1. The van der Waals surface area contributed by atoms with Gasteiger partial charge in [-0.15, -0.1) is 0 Å². The van der Waals surface area contributed by atoms with Crippen molar-refractivity contribution in [3.05, 3.63) is 71.0 Å². The molecule has 0 aliphatic carbocycles. The second-order valence-electron chi connectivity index (χ2n) is 8.17. The van der Waals surface area contributed by atoms with Gasteiger partial charge in [-0.1, -0.05) is 36.4 Å². The van der Waals surface area contributed by atoms with Crippen LogP contribution in [0.1, 0.15) is 29.5 Å². The molecule has 1 N–H and O–H groups in total. The van der Waals surface area contributed by atoms with Crippen molar-refractivity contribution in [1.29, 1.82) is 0 Å². The van der Waals surface area contributed by atoms with Gasteiger partial charge in [0.15, 0.2) is 0 Å². The van der Waals surface area contributed by atoms with Gasteiger partial charge in [0.2, 0.25) is 0 Å². The predicted molar refractivity (Wildman–Crippen MR) is 106 cm³/mol. The molecule has 0 aromatic heterocycles. The number of hydrogen-bond donors (Lipinski definition) is 1. The van der Waals surface area contributed by atoms with Gasteiger partial charge in [0.05, 0.1) is 30.9 Å². The van der Waals surface area contributed by atoms with Crippen LogP contribution < -0.4 is 0 Å². The number of hydrogen-bond acceptors (Lipinski definition) is 4. The average Bonchev–Trinajstić information content (AvgIpc) is 2.68. The minimum atomic E-state index is -0.960. The van der Waals surface area contributed by atoms with E-state index in [0.717, 1.165) is 16.7 Å². The van der Waals surface area contributed by atoms with E-state index in [2.05, 4.69) is 0 Å². The van der Waals surface area contributed by atoms with Crippen LogP contribution in [-0.2, 0) is 22.5 Å².